The maximum absolute atomic E-state index is 9.31. The lowest BCUT2D eigenvalue weighted by atomic mass is 9.96. The Kier molecular flexibility index (Phi) is 6.25. The summed E-state index contributed by atoms with van der Waals surface area (Å²) in [6, 6.07) is 2.75. The summed E-state index contributed by atoms with van der Waals surface area (Å²) >= 11 is 0. The van der Waals surface area contributed by atoms with Gasteiger partial charge in [-0.2, -0.15) is 5.26 Å². The Balaban J connectivity index is 2.34. The third kappa shape index (κ3) is 5.90. The molecule has 110 valence electrons. The molecule has 0 amide bonds. The fourth-order valence-corrected chi connectivity index (χ4v) is 2.92. The Morgan fingerprint density at radius 2 is 1.95 bits per heavy atom. The molecule has 0 aromatic heterocycles. The lowest BCUT2D eigenvalue weighted by molar-refractivity contribution is -0.0683. The quantitative estimate of drug-likeness (QED) is 0.801. The van der Waals surface area contributed by atoms with Crippen LogP contribution in [-0.4, -0.2) is 48.3 Å². The Morgan fingerprint density at radius 3 is 2.42 bits per heavy atom. The van der Waals surface area contributed by atoms with Gasteiger partial charge in [0.1, 0.15) is 5.54 Å². The largest absolute Gasteiger partial charge is 0.373 e. The minimum absolute atomic E-state index is 0.319. The summed E-state index contributed by atoms with van der Waals surface area (Å²) in [5.41, 5.74) is -0.405. The van der Waals surface area contributed by atoms with E-state index in [0.29, 0.717) is 18.2 Å². The van der Waals surface area contributed by atoms with Crippen molar-refractivity contribution in [2.75, 3.05) is 19.6 Å². The molecule has 0 saturated carbocycles. The van der Waals surface area contributed by atoms with E-state index in [9.17, 15) is 5.26 Å². The Labute approximate surface area is 118 Å². The van der Waals surface area contributed by atoms with Crippen LogP contribution in [0.2, 0.25) is 0 Å². The smallest absolute Gasteiger partial charge is 0.104 e. The molecule has 1 aliphatic heterocycles. The highest BCUT2D eigenvalue weighted by molar-refractivity contribution is 5.04. The van der Waals surface area contributed by atoms with Crippen molar-refractivity contribution >= 4 is 0 Å². The highest BCUT2D eigenvalue weighted by Gasteiger charge is 2.26. The van der Waals surface area contributed by atoms with Crippen LogP contribution < -0.4 is 5.32 Å². The zero-order valence-corrected chi connectivity index (χ0v) is 13.1. The van der Waals surface area contributed by atoms with Crippen molar-refractivity contribution in [2.24, 2.45) is 0 Å². The van der Waals surface area contributed by atoms with E-state index in [1.807, 2.05) is 6.92 Å². The van der Waals surface area contributed by atoms with E-state index in [4.69, 9.17) is 4.74 Å². The molecule has 1 heterocycles. The van der Waals surface area contributed by atoms with Crippen molar-refractivity contribution < 1.29 is 4.74 Å². The van der Waals surface area contributed by atoms with E-state index < -0.39 is 5.54 Å². The van der Waals surface area contributed by atoms with Crippen LogP contribution in [0.3, 0.4) is 0 Å². The summed E-state index contributed by atoms with van der Waals surface area (Å²) in [5.74, 6) is 0. The Hall–Kier alpha value is -0.630. The Bertz CT molecular complexity index is 303. The van der Waals surface area contributed by atoms with Crippen LogP contribution in [0.25, 0.3) is 0 Å². The van der Waals surface area contributed by atoms with Crippen LogP contribution in [0.5, 0.6) is 0 Å². The fraction of sp³-hybridized carbons (Fsp3) is 0.933. The lowest BCUT2D eigenvalue weighted by Crippen LogP contribution is -2.47. The van der Waals surface area contributed by atoms with E-state index in [2.05, 4.69) is 44.0 Å². The lowest BCUT2D eigenvalue weighted by Gasteiger charge is -2.36. The van der Waals surface area contributed by atoms with Gasteiger partial charge < -0.3 is 4.74 Å². The van der Waals surface area contributed by atoms with Gasteiger partial charge in [-0.05, 0) is 54.0 Å². The number of rotatable bonds is 6. The highest BCUT2D eigenvalue weighted by atomic mass is 16.5. The van der Waals surface area contributed by atoms with E-state index in [0.717, 1.165) is 32.5 Å². The zero-order valence-electron chi connectivity index (χ0n) is 13.1. The van der Waals surface area contributed by atoms with Crippen LogP contribution in [-0.2, 0) is 4.74 Å². The van der Waals surface area contributed by atoms with Crippen LogP contribution in [0.1, 0.15) is 47.5 Å². The van der Waals surface area contributed by atoms with Gasteiger partial charge in [-0.15, -0.1) is 0 Å². The number of hydrogen-bond donors (Lipinski definition) is 1. The van der Waals surface area contributed by atoms with Crippen LogP contribution in [0.4, 0.5) is 0 Å². The number of nitrogens with zero attached hydrogens (tertiary/aromatic N) is 2. The van der Waals surface area contributed by atoms with Gasteiger partial charge in [0.05, 0.1) is 18.3 Å². The van der Waals surface area contributed by atoms with Crippen molar-refractivity contribution in [2.45, 2.75) is 71.2 Å². The first-order valence-corrected chi connectivity index (χ1v) is 7.41. The second-order valence-electron chi connectivity index (χ2n) is 6.36. The third-order valence-electron chi connectivity index (χ3n) is 3.50. The number of ether oxygens (including phenoxy) is 1. The number of morpholine rings is 1. The molecule has 4 nitrogen and oxygen atoms in total. The molecule has 1 rings (SSSR count). The second-order valence-corrected chi connectivity index (χ2v) is 6.36. The number of nitrogens with one attached hydrogen (secondary N) is 1. The molecule has 0 radical (unpaired) electrons. The maximum atomic E-state index is 9.31. The average molecular weight is 267 g/mol. The minimum atomic E-state index is -0.405. The summed E-state index contributed by atoms with van der Waals surface area (Å²) in [6.45, 7) is 13.5. The molecule has 3 atom stereocenters. The molecular weight excluding hydrogens is 238 g/mol. The summed E-state index contributed by atoms with van der Waals surface area (Å²) < 4.78 is 5.73. The summed E-state index contributed by atoms with van der Waals surface area (Å²) in [7, 11) is 0. The van der Waals surface area contributed by atoms with Crippen molar-refractivity contribution in [3.8, 4) is 6.07 Å². The monoisotopic (exact) mass is 267 g/mol. The van der Waals surface area contributed by atoms with Crippen molar-refractivity contribution in [1.82, 2.24) is 10.2 Å². The van der Waals surface area contributed by atoms with Crippen LogP contribution in [0, 0.1) is 11.3 Å². The van der Waals surface area contributed by atoms with E-state index in [1.165, 1.54) is 0 Å². The third-order valence-corrected chi connectivity index (χ3v) is 3.50. The molecule has 0 bridgehead atoms. The predicted octanol–water partition coefficient (Wildman–Crippen LogP) is 2.16. The molecule has 1 fully saturated rings. The van der Waals surface area contributed by atoms with Crippen LogP contribution >= 0.6 is 0 Å². The molecule has 0 aromatic carbocycles. The minimum Gasteiger partial charge on any atom is -0.373 e. The maximum Gasteiger partial charge on any atom is 0.104 e. The molecule has 0 aliphatic carbocycles. The van der Waals surface area contributed by atoms with Gasteiger partial charge in [0.25, 0.3) is 0 Å². The van der Waals surface area contributed by atoms with E-state index in [-0.39, 0.29) is 0 Å². The Morgan fingerprint density at radius 1 is 1.37 bits per heavy atom. The number of nitriles is 1. The number of hydrogen-bond acceptors (Lipinski definition) is 4. The van der Waals surface area contributed by atoms with Gasteiger partial charge in [-0.1, -0.05) is 0 Å². The fourth-order valence-electron chi connectivity index (χ4n) is 2.92. The topological polar surface area (TPSA) is 48.3 Å². The van der Waals surface area contributed by atoms with Gasteiger partial charge in [-0.3, -0.25) is 10.2 Å². The van der Waals surface area contributed by atoms with Crippen LogP contribution in [0.15, 0.2) is 0 Å². The van der Waals surface area contributed by atoms with Crippen molar-refractivity contribution in [3.63, 3.8) is 0 Å². The molecule has 1 unspecified atom stereocenters. The molecule has 4 heteroatoms. The van der Waals surface area contributed by atoms with Gasteiger partial charge in [0.15, 0.2) is 0 Å². The molecular formula is C15H29N3O. The van der Waals surface area contributed by atoms with Crippen molar-refractivity contribution in [1.29, 1.82) is 5.26 Å². The average Bonchev–Trinajstić information content (AvgIpc) is 2.26. The summed E-state index contributed by atoms with van der Waals surface area (Å²) in [4.78, 5) is 2.45. The molecule has 0 spiro atoms. The predicted molar refractivity (Wildman–Crippen MR) is 78.0 cm³/mol. The first-order chi connectivity index (χ1) is 8.84. The summed E-state index contributed by atoms with van der Waals surface area (Å²) in [5, 5.41) is 12.7. The van der Waals surface area contributed by atoms with Gasteiger partial charge in [-0.25, -0.2) is 0 Å². The van der Waals surface area contributed by atoms with E-state index in [1.54, 1.807) is 0 Å². The van der Waals surface area contributed by atoms with E-state index >= 15 is 0 Å². The SMILES string of the molecule is CC(C)NC(C)(C#N)CCCN1C[C@@H](C)O[C@@H](C)C1. The normalized spacial score (nSPS) is 28.1. The first-order valence-electron chi connectivity index (χ1n) is 7.41. The summed E-state index contributed by atoms with van der Waals surface area (Å²) in [6.07, 6.45) is 2.57. The first kappa shape index (κ1) is 16.4. The van der Waals surface area contributed by atoms with Gasteiger partial charge in [0, 0.05) is 19.1 Å². The molecule has 1 saturated heterocycles. The molecule has 1 N–H and O–H groups in total. The van der Waals surface area contributed by atoms with Gasteiger partial charge >= 0.3 is 0 Å². The highest BCUT2D eigenvalue weighted by Crippen LogP contribution is 2.15. The standard InChI is InChI=1S/C15H29N3O/c1-12(2)17-15(5,11-16)7-6-8-18-9-13(3)19-14(4)10-18/h12-14,17H,6-10H2,1-5H3/t13-,14+,15?. The molecule has 1 aliphatic rings. The van der Waals surface area contributed by atoms with Crippen molar-refractivity contribution in [3.05, 3.63) is 0 Å². The molecule has 0 aromatic rings. The molecule has 19 heavy (non-hydrogen) atoms. The second kappa shape index (κ2) is 7.23. The zero-order chi connectivity index (χ0) is 14.5. The van der Waals surface area contributed by atoms with Gasteiger partial charge in [0.2, 0.25) is 0 Å².